The highest BCUT2D eigenvalue weighted by molar-refractivity contribution is 14.1. The van der Waals surface area contributed by atoms with Crippen LogP contribution in [0.4, 0.5) is 0 Å². The minimum Gasteiger partial charge on any atom is -0.422 e. The lowest BCUT2D eigenvalue weighted by atomic mass is 10.3. The highest BCUT2D eigenvalue weighted by atomic mass is 127. The summed E-state index contributed by atoms with van der Waals surface area (Å²) in [7, 11) is 0. The summed E-state index contributed by atoms with van der Waals surface area (Å²) in [5.74, 6) is -0.00324. The number of carbonyl (C=O) groups excluding carboxylic acids is 1. The van der Waals surface area contributed by atoms with E-state index in [0.29, 0.717) is 5.75 Å². The van der Waals surface area contributed by atoms with Crippen LogP contribution in [0.15, 0.2) is 36.7 Å². The highest BCUT2D eigenvalue weighted by Crippen LogP contribution is 2.14. The SMILES string of the molecule is Cc1cnc(C(=O)Oc2ccc(I)cc2)cn1. The third kappa shape index (κ3) is 3.23. The van der Waals surface area contributed by atoms with Gasteiger partial charge >= 0.3 is 5.97 Å². The zero-order valence-electron chi connectivity index (χ0n) is 9.05. The van der Waals surface area contributed by atoms with Crippen molar-refractivity contribution < 1.29 is 9.53 Å². The maximum atomic E-state index is 11.7. The second kappa shape index (κ2) is 5.22. The molecule has 0 aliphatic carbocycles. The van der Waals surface area contributed by atoms with Gasteiger partial charge in [-0.15, -0.1) is 0 Å². The normalized spacial score (nSPS) is 10.0. The number of ether oxygens (including phenoxy) is 1. The van der Waals surface area contributed by atoms with Gasteiger partial charge in [0.1, 0.15) is 5.75 Å². The molecule has 4 nitrogen and oxygen atoms in total. The number of rotatable bonds is 2. The van der Waals surface area contributed by atoms with Gasteiger partial charge in [0.25, 0.3) is 0 Å². The van der Waals surface area contributed by atoms with Gasteiger partial charge in [-0.3, -0.25) is 4.98 Å². The predicted molar refractivity (Wildman–Crippen MR) is 70.9 cm³/mol. The summed E-state index contributed by atoms with van der Waals surface area (Å²) in [5.41, 5.74) is 0.963. The number of nitrogens with zero attached hydrogens (tertiary/aromatic N) is 2. The molecule has 0 saturated heterocycles. The van der Waals surface area contributed by atoms with Crippen molar-refractivity contribution in [2.45, 2.75) is 6.92 Å². The van der Waals surface area contributed by atoms with Crippen LogP contribution in [0, 0.1) is 10.5 Å². The number of carbonyl (C=O) groups is 1. The molecule has 1 aromatic heterocycles. The van der Waals surface area contributed by atoms with Gasteiger partial charge < -0.3 is 4.74 Å². The monoisotopic (exact) mass is 340 g/mol. The molecule has 0 amide bonds. The van der Waals surface area contributed by atoms with E-state index >= 15 is 0 Å². The molecule has 1 aromatic carbocycles. The van der Waals surface area contributed by atoms with E-state index in [2.05, 4.69) is 32.6 Å². The van der Waals surface area contributed by atoms with Gasteiger partial charge in [-0.05, 0) is 53.8 Å². The number of esters is 1. The Morgan fingerprint density at radius 3 is 2.47 bits per heavy atom. The van der Waals surface area contributed by atoms with Gasteiger partial charge in [0, 0.05) is 9.77 Å². The van der Waals surface area contributed by atoms with E-state index in [-0.39, 0.29) is 5.69 Å². The molecule has 0 atom stereocenters. The van der Waals surface area contributed by atoms with E-state index in [0.717, 1.165) is 9.26 Å². The molecule has 2 rings (SSSR count). The standard InChI is InChI=1S/C12H9IN2O2/c1-8-6-15-11(7-14-8)12(16)17-10-4-2-9(13)3-5-10/h2-7H,1H3. The molecule has 0 spiro atoms. The van der Waals surface area contributed by atoms with Gasteiger partial charge in [-0.1, -0.05) is 0 Å². The number of benzene rings is 1. The molecule has 17 heavy (non-hydrogen) atoms. The third-order valence-corrected chi connectivity index (χ3v) is 2.73. The van der Waals surface area contributed by atoms with Crippen molar-refractivity contribution in [1.82, 2.24) is 9.97 Å². The van der Waals surface area contributed by atoms with Gasteiger partial charge in [0.05, 0.1) is 11.9 Å². The summed E-state index contributed by atoms with van der Waals surface area (Å²) < 4.78 is 6.23. The Balaban J connectivity index is 2.11. The van der Waals surface area contributed by atoms with E-state index in [1.165, 1.54) is 12.4 Å². The topological polar surface area (TPSA) is 52.1 Å². The molecule has 0 saturated carbocycles. The molecule has 86 valence electrons. The number of aryl methyl sites for hydroxylation is 1. The molecule has 0 bridgehead atoms. The maximum Gasteiger partial charge on any atom is 0.363 e. The summed E-state index contributed by atoms with van der Waals surface area (Å²) in [6.07, 6.45) is 2.94. The van der Waals surface area contributed by atoms with Gasteiger partial charge in [-0.25, -0.2) is 9.78 Å². The van der Waals surface area contributed by atoms with Gasteiger partial charge in [-0.2, -0.15) is 0 Å². The number of hydrogen-bond donors (Lipinski definition) is 0. The van der Waals surface area contributed by atoms with Crippen LogP contribution >= 0.6 is 22.6 Å². The molecule has 0 radical (unpaired) electrons. The van der Waals surface area contributed by atoms with E-state index in [4.69, 9.17) is 4.74 Å². The molecule has 0 aliphatic heterocycles. The van der Waals surface area contributed by atoms with Gasteiger partial charge in [0.2, 0.25) is 0 Å². The quantitative estimate of drug-likeness (QED) is 0.479. The van der Waals surface area contributed by atoms with E-state index in [1.54, 1.807) is 19.1 Å². The van der Waals surface area contributed by atoms with Crippen molar-refractivity contribution >= 4 is 28.6 Å². The minimum absolute atomic E-state index is 0.203. The average Bonchev–Trinajstić information content (AvgIpc) is 2.33. The zero-order valence-corrected chi connectivity index (χ0v) is 11.2. The summed E-state index contributed by atoms with van der Waals surface area (Å²) in [5, 5.41) is 0. The smallest absolute Gasteiger partial charge is 0.363 e. The Hall–Kier alpha value is -1.50. The second-order valence-electron chi connectivity index (χ2n) is 3.39. The van der Waals surface area contributed by atoms with Crippen LogP contribution in [0.1, 0.15) is 16.2 Å². The fourth-order valence-electron chi connectivity index (χ4n) is 1.16. The molecule has 5 heteroatoms. The molecule has 0 fully saturated rings. The van der Waals surface area contributed by atoms with Crippen molar-refractivity contribution in [2.75, 3.05) is 0 Å². The molecular weight excluding hydrogens is 331 g/mol. The molecular formula is C12H9IN2O2. The van der Waals surface area contributed by atoms with E-state index in [1.807, 2.05) is 12.1 Å². The van der Waals surface area contributed by atoms with Crippen LogP contribution in [0.5, 0.6) is 5.75 Å². The summed E-state index contributed by atoms with van der Waals surface area (Å²) in [6.45, 7) is 1.81. The third-order valence-electron chi connectivity index (χ3n) is 2.01. The first-order valence-corrected chi connectivity index (χ1v) is 5.99. The lowest BCUT2D eigenvalue weighted by Gasteiger charge is -2.03. The lowest BCUT2D eigenvalue weighted by molar-refractivity contribution is 0.0728. The maximum absolute atomic E-state index is 11.7. The first-order valence-electron chi connectivity index (χ1n) is 4.91. The summed E-state index contributed by atoms with van der Waals surface area (Å²) >= 11 is 2.18. The fourth-order valence-corrected chi connectivity index (χ4v) is 1.52. The lowest BCUT2D eigenvalue weighted by Crippen LogP contribution is -2.11. The summed E-state index contributed by atoms with van der Waals surface area (Å²) in [6, 6.07) is 7.20. The fraction of sp³-hybridized carbons (Fsp3) is 0.0833. The molecule has 0 N–H and O–H groups in total. The Morgan fingerprint density at radius 1 is 1.18 bits per heavy atom. The Kier molecular flexibility index (Phi) is 3.68. The molecule has 2 aromatic rings. The Morgan fingerprint density at radius 2 is 1.88 bits per heavy atom. The van der Waals surface area contributed by atoms with Crippen LogP contribution in [0.25, 0.3) is 0 Å². The molecule has 1 heterocycles. The Labute approximate surface area is 112 Å². The number of aromatic nitrogens is 2. The minimum atomic E-state index is -0.501. The predicted octanol–water partition coefficient (Wildman–Crippen LogP) is 2.61. The van der Waals surface area contributed by atoms with Crippen molar-refractivity contribution in [2.24, 2.45) is 0 Å². The highest BCUT2D eigenvalue weighted by Gasteiger charge is 2.10. The van der Waals surface area contributed by atoms with Crippen molar-refractivity contribution in [3.05, 3.63) is 51.6 Å². The van der Waals surface area contributed by atoms with Crippen LogP contribution in [-0.2, 0) is 0 Å². The Bertz CT molecular complexity index is 523. The molecule has 0 aliphatic rings. The molecule has 0 unspecified atom stereocenters. The van der Waals surface area contributed by atoms with Crippen LogP contribution in [0.3, 0.4) is 0 Å². The van der Waals surface area contributed by atoms with Crippen molar-refractivity contribution in [1.29, 1.82) is 0 Å². The van der Waals surface area contributed by atoms with Crippen LogP contribution < -0.4 is 4.74 Å². The van der Waals surface area contributed by atoms with E-state index in [9.17, 15) is 4.79 Å². The average molecular weight is 340 g/mol. The van der Waals surface area contributed by atoms with Crippen LogP contribution in [0.2, 0.25) is 0 Å². The van der Waals surface area contributed by atoms with Crippen molar-refractivity contribution in [3.8, 4) is 5.75 Å². The van der Waals surface area contributed by atoms with Crippen molar-refractivity contribution in [3.63, 3.8) is 0 Å². The summed E-state index contributed by atoms with van der Waals surface area (Å²) in [4.78, 5) is 19.6. The first-order chi connectivity index (χ1) is 8.15. The largest absolute Gasteiger partial charge is 0.422 e. The van der Waals surface area contributed by atoms with Crippen LogP contribution in [-0.4, -0.2) is 15.9 Å². The second-order valence-corrected chi connectivity index (χ2v) is 4.63. The zero-order chi connectivity index (χ0) is 12.3. The van der Waals surface area contributed by atoms with Gasteiger partial charge in [0.15, 0.2) is 5.69 Å². The van der Waals surface area contributed by atoms with E-state index < -0.39 is 5.97 Å². The number of hydrogen-bond acceptors (Lipinski definition) is 4. The first kappa shape index (κ1) is 12.0. The number of halogens is 1.